The smallest absolute Gasteiger partial charge is 0.339 e. The van der Waals surface area contributed by atoms with E-state index in [9.17, 15) is 4.79 Å². The number of hydrogen-bond acceptors (Lipinski definition) is 4. The van der Waals surface area contributed by atoms with Crippen molar-refractivity contribution in [3.05, 3.63) is 47.0 Å². The zero-order valence-corrected chi connectivity index (χ0v) is 10.9. The number of carbonyl (C=O) groups excluding carboxylic acids is 1. The molecule has 2 aromatic rings. The van der Waals surface area contributed by atoms with Crippen molar-refractivity contribution in [2.75, 3.05) is 6.79 Å². The summed E-state index contributed by atoms with van der Waals surface area (Å²) in [7, 11) is 0. The maximum Gasteiger partial charge on any atom is 0.339 e. The molecule has 4 heteroatoms. The molecule has 2 aliphatic heterocycles. The Morgan fingerprint density at radius 1 is 0.950 bits per heavy atom. The molecule has 0 bridgehead atoms. The van der Waals surface area contributed by atoms with Crippen LogP contribution in [0.1, 0.15) is 21.5 Å². The van der Waals surface area contributed by atoms with Crippen molar-refractivity contribution in [3.8, 4) is 22.6 Å². The summed E-state index contributed by atoms with van der Waals surface area (Å²) in [5, 5.41) is 0. The molecule has 2 heterocycles. The Labute approximate surface area is 115 Å². The van der Waals surface area contributed by atoms with Crippen LogP contribution in [0.3, 0.4) is 0 Å². The Hall–Kier alpha value is -2.49. The van der Waals surface area contributed by atoms with E-state index in [1.165, 1.54) is 0 Å². The maximum absolute atomic E-state index is 11.6. The van der Waals surface area contributed by atoms with Crippen molar-refractivity contribution in [2.45, 2.75) is 13.5 Å². The average molecular weight is 268 g/mol. The van der Waals surface area contributed by atoms with E-state index in [0.717, 1.165) is 33.8 Å². The number of rotatable bonds is 1. The summed E-state index contributed by atoms with van der Waals surface area (Å²) in [5.41, 5.74) is 4.69. The SMILES string of the molecule is Cc1cc(-c2ccc3c(c2)OCO3)cc2c1C(=O)OC2. The third-order valence-corrected chi connectivity index (χ3v) is 3.69. The van der Waals surface area contributed by atoms with Crippen LogP contribution in [0.25, 0.3) is 11.1 Å². The fraction of sp³-hybridized carbons (Fsp3) is 0.188. The first-order valence-corrected chi connectivity index (χ1v) is 6.43. The molecule has 2 aliphatic rings. The number of esters is 1. The maximum atomic E-state index is 11.6. The molecule has 2 aromatic carbocycles. The van der Waals surface area contributed by atoms with Crippen molar-refractivity contribution in [3.63, 3.8) is 0 Å². The summed E-state index contributed by atoms with van der Waals surface area (Å²) in [6.45, 7) is 2.56. The second-order valence-corrected chi connectivity index (χ2v) is 4.97. The first-order chi connectivity index (χ1) is 9.72. The van der Waals surface area contributed by atoms with Crippen molar-refractivity contribution in [1.82, 2.24) is 0 Å². The molecule has 0 amide bonds. The zero-order valence-electron chi connectivity index (χ0n) is 10.9. The van der Waals surface area contributed by atoms with Gasteiger partial charge in [0.05, 0.1) is 5.56 Å². The molecular weight excluding hydrogens is 256 g/mol. The molecule has 0 atom stereocenters. The molecule has 0 unspecified atom stereocenters. The standard InChI is InChI=1S/C16H12O4/c1-9-4-11(5-12-7-18-16(17)15(9)12)10-2-3-13-14(6-10)20-8-19-13/h2-6H,7-8H2,1H3. The van der Waals surface area contributed by atoms with Gasteiger partial charge in [-0.3, -0.25) is 0 Å². The molecular formula is C16H12O4. The number of ether oxygens (including phenoxy) is 3. The third kappa shape index (κ3) is 1.58. The lowest BCUT2D eigenvalue weighted by atomic mass is 9.96. The van der Waals surface area contributed by atoms with Gasteiger partial charge in [-0.25, -0.2) is 4.79 Å². The lowest BCUT2D eigenvalue weighted by Gasteiger charge is -2.07. The molecule has 0 N–H and O–H groups in total. The molecule has 100 valence electrons. The van der Waals surface area contributed by atoms with Gasteiger partial charge in [0.15, 0.2) is 11.5 Å². The molecule has 0 saturated carbocycles. The second-order valence-electron chi connectivity index (χ2n) is 4.97. The van der Waals surface area contributed by atoms with Crippen LogP contribution >= 0.6 is 0 Å². The van der Waals surface area contributed by atoms with E-state index in [-0.39, 0.29) is 12.8 Å². The topological polar surface area (TPSA) is 44.8 Å². The number of carbonyl (C=O) groups is 1. The predicted molar refractivity (Wildman–Crippen MR) is 71.9 cm³/mol. The van der Waals surface area contributed by atoms with E-state index in [1.807, 2.05) is 37.3 Å². The quantitative estimate of drug-likeness (QED) is 0.746. The van der Waals surface area contributed by atoms with Crippen molar-refractivity contribution in [1.29, 1.82) is 0 Å². The van der Waals surface area contributed by atoms with Crippen molar-refractivity contribution in [2.24, 2.45) is 0 Å². The Balaban J connectivity index is 1.84. The fourth-order valence-corrected chi connectivity index (χ4v) is 2.72. The lowest BCUT2D eigenvalue weighted by molar-refractivity contribution is 0.0534. The fourth-order valence-electron chi connectivity index (χ4n) is 2.72. The van der Waals surface area contributed by atoms with Gasteiger partial charge in [-0.05, 0) is 41.8 Å². The first-order valence-electron chi connectivity index (χ1n) is 6.43. The summed E-state index contributed by atoms with van der Waals surface area (Å²) in [6, 6.07) is 9.86. The molecule has 0 aliphatic carbocycles. The third-order valence-electron chi connectivity index (χ3n) is 3.69. The lowest BCUT2D eigenvalue weighted by Crippen LogP contribution is -1.97. The monoisotopic (exact) mass is 268 g/mol. The molecule has 0 saturated heterocycles. The van der Waals surface area contributed by atoms with E-state index in [1.54, 1.807) is 0 Å². The van der Waals surface area contributed by atoms with Gasteiger partial charge in [0.25, 0.3) is 0 Å². The molecule has 0 aromatic heterocycles. The van der Waals surface area contributed by atoms with Gasteiger partial charge in [0.1, 0.15) is 6.61 Å². The van der Waals surface area contributed by atoms with E-state index < -0.39 is 0 Å². The molecule has 0 radical (unpaired) electrons. The Morgan fingerprint density at radius 3 is 2.70 bits per heavy atom. The Bertz CT molecular complexity index is 733. The van der Waals surface area contributed by atoms with Crippen LogP contribution in [0.2, 0.25) is 0 Å². The highest BCUT2D eigenvalue weighted by Gasteiger charge is 2.24. The molecule has 0 fully saturated rings. The highest BCUT2D eigenvalue weighted by atomic mass is 16.7. The summed E-state index contributed by atoms with van der Waals surface area (Å²) < 4.78 is 15.8. The van der Waals surface area contributed by atoms with E-state index in [0.29, 0.717) is 12.2 Å². The first kappa shape index (κ1) is 11.3. The normalized spacial score (nSPS) is 15.2. The van der Waals surface area contributed by atoms with Gasteiger partial charge in [-0.2, -0.15) is 0 Å². The van der Waals surface area contributed by atoms with Crippen LogP contribution in [-0.4, -0.2) is 12.8 Å². The largest absolute Gasteiger partial charge is 0.457 e. The summed E-state index contributed by atoms with van der Waals surface area (Å²) >= 11 is 0. The van der Waals surface area contributed by atoms with Crippen LogP contribution in [0.15, 0.2) is 30.3 Å². The minimum atomic E-state index is -0.227. The van der Waals surface area contributed by atoms with E-state index in [4.69, 9.17) is 14.2 Å². The van der Waals surface area contributed by atoms with Gasteiger partial charge in [-0.1, -0.05) is 12.1 Å². The minimum absolute atomic E-state index is 0.227. The van der Waals surface area contributed by atoms with E-state index in [2.05, 4.69) is 0 Å². The summed E-state index contributed by atoms with van der Waals surface area (Å²) in [5.74, 6) is 1.30. The highest BCUT2D eigenvalue weighted by Crippen LogP contribution is 2.37. The van der Waals surface area contributed by atoms with Gasteiger partial charge < -0.3 is 14.2 Å². The van der Waals surface area contributed by atoms with Crippen LogP contribution < -0.4 is 9.47 Å². The van der Waals surface area contributed by atoms with Crippen LogP contribution in [-0.2, 0) is 11.3 Å². The summed E-state index contributed by atoms with van der Waals surface area (Å²) in [4.78, 5) is 11.6. The highest BCUT2D eigenvalue weighted by molar-refractivity contribution is 5.96. The van der Waals surface area contributed by atoms with Crippen LogP contribution in [0, 0.1) is 6.92 Å². The number of fused-ring (bicyclic) bond motifs is 2. The van der Waals surface area contributed by atoms with Gasteiger partial charge in [0.2, 0.25) is 6.79 Å². The number of benzene rings is 2. The predicted octanol–water partition coefficient (Wildman–Crippen LogP) is 3.06. The molecule has 4 nitrogen and oxygen atoms in total. The van der Waals surface area contributed by atoms with Gasteiger partial charge in [-0.15, -0.1) is 0 Å². The van der Waals surface area contributed by atoms with Crippen LogP contribution in [0.4, 0.5) is 0 Å². The summed E-state index contributed by atoms with van der Waals surface area (Å²) in [6.07, 6.45) is 0. The second kappa shape index (κ2) is 4.00. The zero-order chi connectivity index (χ0) is 13.7. The van der Waals surface area contributed by atoms with Gasteiger partial charge in [0, 0.05) is 5.56 Å². The Kier molecular flexibility index (Phi) is 2.27. The minimum Gasteiger partial charge on any atom is -0.457 e. The van der Waals surface area contributed by atoms with Crippen molar-refractivity contribution >= 4 is 5.97 Å². The van der Waals surface area contributed by atoms with Gasteiger partial charge >= 0.3 is 5.97 Å². The van der Waals surface area contributed by atoms with Crippen molar-refractivity contribution < 1.29 is 19.0 Å². The number of aryl methyl sites for hydroxylation is 1. The number of hydrogen-bond donors (Lipinski definition) is 0. The van der Waals surface area contributed by atoms with E-state index >= 15 is 0 Å². The Morgan fingerprint density at radius 2 is 1.80 bits per heavy atom. The van der Waals surface area contributed by atoms with Crippen LogP contribution in [0.5, 0.6) is 11.5 Å². The average Bonchev–Trinajstić information content (AvgIpc) is 3.04. The molecule has 0 spiro atoms. The number of cyclic esters (lactones) is 1. The molecule has 20 heavy (non-hydrogen) atoms. The molecule has 4 rings (SSSR count).